The molecule has 1 unspecified atom stereocenters. The van der Waals surface area contributed by atoms with Gasteiger partial charge >= 0.3 is 5.97 Å². The van der Waals surface area contributed by atoms with Gasteiger partial charge in [0, 0.05) is 23.1 Å². The van der Waals surface area contributed by atoms with Gasteiger partial charge in [-0.05, 0) is 24.6 Å². The topological polar surface area (TPSA) is 55.8 Å². The lowest BCUT2D eigenvalue weighted by molar-refractivity contribution is -0.145. The van der Waals surface area contributed by atoms with Crippen molar-refractivity contribution in [3.8, 4) is 0 Å². The van der Waals surface area contributed by atoms with Crippen LogP contribution in [0.3, 0.4) is 0 Å². The van der Waals surface area contributed by atoms with Gasteiger partial charge in [0.2, 0.25) is 0 Å². The van der Waals surface area contributed by atoms with Crippen LogP contribution in [-0.4, -0.2) is 49.7 Å². The summed E-state index contributed by atoms with van der Waals surface area (Å²) in [5.41, 5.74) is 1.58. The molecule has 1 aliphatic rings. The van der Waals surface area contributed by atoms with Crippen molar-refractivity contribution in [1.82, 2.24) is 4.90 Å². The van der Waals surface area contributed by atoms with Crippen molar-refractivity contribution in [3.63, 3.8) is 0 Å². The highest BCUT2D eigenvalue weighted by molar-refractivity contribution is 9.10. The molecule has 1 saturated heterocycles. The molecule has 0 N–H and O–H groups in total. The molecule has 1 aliphatic heterocycles. The van der Waals surface area contributed by atoms with Gasteiger partial charge in [0.05, 0.1) is 26.2 Å². The minimum Gasteiger partial charge on any atom is -0.469 e. The fourth-order valence-electron chi connectivity index (χ4n) is 2.31. The molecule has 1 aromatic rings. The molecule has 0 spiro atoms. The average Bonchev–Trinajstić information content (AvgIpc) is 2.49. The molecule has 114 valence electrons. The van der Waals surface area contributed by atoms with Crippen molar-refractivity contribution < 1.29 is 19.1 Å². The van der Waals surface area contributed by atoms with E-state index in [0.717, 1.165) is 10.0 Å². The molecule has 1 atom stereocenters. The molecule has 0 radical (unpaired) electrons. The zero-order chi connectivity index (χ0) is 15.4. The SMILES string of the molecule is COC(=O)CC1CN(C(=O)c2cccc(Br)c2C)CCO1. The highest BCUT2D eigenvalue weighted by Crippen LogP contribution is 2.22. The minimum atomic E-state index is -0.326. The number of morpholine rings is 1. The fourth-order valence-corrected chi connectivity index (χ4v) is 2.67. The Morgan fingerprint density at radius 1 is 1.48 bits per heavy atom. The first-order chi connectivity index (χ1) is 10.0. The summed E-state index contributed by atoms with van der Waals surface area (Å²) in [5, 5.41) is 0. The van der Waals surface area contributed by atoms with E-state index in [1.54, 1.807) is 4.90 Å². The van der Waals surface area contributed by atoms with Crippen LogP contribution in [0.2, 0.25) is 0 Å². The van der Waals surface area contributed by atoms with Crippen LogP contribution >= 0.6 is 15.9 Å². The number of carbonyl (C=O) groups is 2. The summed E-state index contributed by atoms with van der Waals surface area (Å²) < 4.78 is 11.1. The van der Waals surface area contributed by atoms with Gasteiger partial charge in [-0.2, -0.15) is 0 Å². The van der Waals surface area contributed by atoms with E-state index in [-0.39, 0.29) is 24.4 Å². The van der Waals surface area contributed by atoms with E-state index in [4.69, 9.17) is 4.74 Å². The number of nitrogens with zero attached hydrogens (tertiary/aromatic N) is 1. The van der Waals surface area contributed by atoms with Crippen molar-refractivity contribution in [3.05, 3.63) is 33.8 Å². The monoisotopic (exact) mass is 355 g/mol. The van der Waals surface area contributed by atoms with Crippen LogP contribution < -0.4 is 0 Å². The Labute approximate surface area is 132 Å². The van der Waals surface area contributed by atoms with Crippen LogP contribution in [-0.2, 0) is 14.3 Å². The zero-order valence-corrected chi connectivity index (χ0v) is 13.7. The summed E-state index contributed by atoms with van der Waals surface area (Å²) in [6.07, 6.45) is -0.139. The first kappa shape index (κ1) is 16.0. The van der Waals surface area contributed by atoms with Gasteiger partial charge < -0.3 is 14.4 Å². The Kier molecular flexibility index (Phi) is 5.36. The summed E-state index contributed by atoms with van der Waals surface area (Å²) in [4.78, 5) is 25.6. The van der Waals surface area contributed by atoms with E-state index in [9.17, 15) is 9.59 Å². The lowest BCUT2D eigenvalue weighted by Crippen LogP contribution is -2.46. The Bertz CT molecular complexity index is 546. The minimum absolute atomic E-state index is 0.0352. The smallest absolute Gasteiger partial charge is 0.308 e. The molecular formula is C15H18BrNO4. The normalized spacial score (nSPS) is 18.4. The summed E-state index contributed by atoms with van der Waals surface area (Å²) in [5.74, 6) is -0.361. The summed E-state index contributed by atoms with van der Waals surface area (Å²) >= 11 is 3.44. The van der Waals surface area contributed by atoms with Gasteiger partial charge in [-0.3, -0.25) is 9.59 Å². The van der Waals surface area contributed by atoms with Crippen molar-refractivity contribution >= 4 is 27.8 Å². The van der Waals surface area contributed by atoms with Gasteiger partial charge in [-0.25, -0.2) is 0 Å². The first-order valence-electron chi connectivity index (χ1n) is 6.75. The molecule has 0 aliphatic carbocycles. The number of halogens is 1. The van der Waals surface area contributed by atoms with Crippen LogP contribution in [0, 0.1) is 6.92 Å². The molecule has 0 saturated carbocycles. The molecule has 0 bridgehead atoms. The molecule has 5 nitrogen and oxygen atoms in total. The van der Waals surface area contributed by atoms with Gasteiger partial charge in [0.1, 0.15) is 0 Å². The zero-order valence-electron chi connectivity index (χ0n) is 12.1. The molecule has 0 aromatic heterocycles. The maximum Gasteiger partial charge on any atom is 0.308 e. The van der Waals surface area contributed by atoms with Crippen LogP contribution in [0.4, 0.5) is 0 Å². The van der Waals surface area contributed by atoms with Gasteiger partial charge in [-0.15, -0.1) is 0 Å². The summed E-state index contributed by atoms with van der Waals surface area (Å²) in [7, 11) is 1.35. The summed E-state index contributed by atoms with van der Waals surface area (Å²) in [6, 6.07) is 5.56. The molecule has 1 fully saturated rings. The van der Waals surface area contributed by atoms with E-state index < -0.39 is 0 Å². The number of amides is 1. The second-order valence-electron chi connectivity index (χ2n) is 4.94. The number of benzene rings is 1. The van der Waals surface area contributed by atoms with Crippen LogP contribution in [0.15, 0.2) is 22.7 Å². The second kappa shape index (κ2) is 7.04. The van der Waals surface area contributed by atoms with E-state index >= 15 is 0 Å². The molecule has 2 rings (SSSR count). The van der Waals surface area contributed by atoms with Crippen LogP contribution in [0.25, 0.3) is 0 Å². The Balaban J connectivity index is 2.08. The number of ether oxygens (including phenoxy) is 2. The third-order valence-corrected chi connectivity index (χ3v) is 4.41. The number of methoxy groups -OCH3 is 1. The highest BCUT2D eigenvalue weighted by Gasteiger charge is 2.27. The number of hydrogen-bond acceptors (Lipinski definition) is 4. The van der Waals surface area contributed by atoms with Crippen molar-refractivity contribution in [2.45, 2.75) is 19.4 Å². The third kappa shape index (κ3) is 3.83. The Hall–Kier alpha value is -1.40. The van der Waals surface area contributed by atoms with Gasteiger partial charge in [0.25, 0.3) is 5.91 Å². The molecule has 6 heteroatoms. The second-order valence-corrected chi connectivity index (χ2v) is 5.79. The molecule has 1 heterocycles. The predicted octanol–water partition coefficient (Wildman–Crippen LogP) is 2.16. The van der Waals surface area contributed by atoms with E-state index in [1.807, 2.05) is 25.1 Å². The quantitative estimate of drug-likeness (QED) is 0.779. The van der Waals surface area contributed by atoms with Crippen molar-refractivity contribution in [1.29, 1.82) is 0 Å². The van der Waals surface area contributed by atoms with E-state index in [1.165, 1.54) is 7.11 Å². The Morgan fingerprint density at radius 3 is 2.95 bits per heavy atom. The van der Waals surface area contributed by atoms with Crippen molar-refractivity contribution in [2.24, 2.45) is 0 Å². The largest absolute Gasteiger partial charge is 0.469 e. The van der Waals surface area contributed by atoms with Gasteiger partial charge in [-0.1, -0.05) is 22.0 Å². The molecule has 21 heavy (non-hydrogen) atoms. The molecule has 1 amide bonds. The fraction of sp³-hybridized carbons (Fsp3) is 0.467. The highest BCUT2D eigenvalue weighted by atomic mass is 79.9. The number of esters is 1. The van der Waals surface area contributed by atoms with E-state index in [0.29, 0.717) is 25.3 Å². The number of rotatable bonds is 3. The lowest BCUT2D eigenvalue weighted by Gasteiger charge is -2.33. The number of carbonyl (C=O) groups excluding carboxylic acids is 2. The maximum absolute atomic E-state index is 12.6. The van der Waals surface area contributed by atoms with Crippen LogP contribution in [0.1, 0.15) is 22.3 Å². The van der Waals surface area contributed by atoms with Crippen molar-refractivity contribution in [2.75, 3.05) is 26.8 Å². The molecular weight excluding hydrogens is 338 g/mol. The van der Waals surface area contributed by atoms with Crippen LogP contribution in [0.5, 0.6) is 0 Å². The summed E-state index contributed by atoms with van der Waals surface area (Å²) in [6.45, 7) is 3.27. The third-order valence-electron chi connectivity index (χ3n) is 3.55. The van der Waals surface area contributed by atoms with Gasteiger partial charge in [0.15, 0.2) is 0 Å². The number of hydrogen-bond donors (Lipinski definition) is 0. The predicted molar refractivity (Wildman–Crippen MR) is 81.2 cm³/mol. The Morgan fingerprint density at radius 2 is 2.24 bits per heavy atom. The average molecular weight is 356 g/mol. The first-order valence-corrected chi connectivity index (χ1v) is 7.55. The van der Waals surface area contributed by atoms with E-state index in [2.05, 4.69) is 20.7 Å². The standard InChI is InChI=1S/C15H18BrNO4/c1-10-12(4-3-5-13(10)16)15(19)17-6-7-21-11(9-17)8-14(18)20-2/h3-5,11H,6-9H2,1-2H3. The molecule has 1 aromatic carbocycles. The maximum atomic E-state index is 12.6. The lowest BCUT2D eigenvalue weighted by atomic mass is 10.1.